The Balaban J connectivity index is 1.15. The third kappa shape index (κ3) is 18.5. The van der Waals surface area contributed by atoms with Gasteiger partial charge in [-0.15, -0.1) is 46.7 Å². The van der Waals surface area contributed by atoms with Crippen molar-refractivity contribution < 1.29 is 111 Å². The van der Waals surface area contributed by atoms with E-state index < -0.39 is 169 Å². The van der Waals surface area contributed by atoms with Crippen LogP contribution in [0, 0.1) is 19.8 Å². The number of ether oxygens (including phenoxy) is 13. The second-order valence-electron chi connectivity index (χ2n) is 25.0. The zero-order valence-electron chi connectivity index (χ0n) is 56.9. The molecule has 3 saturated heterocycles. The maximum absolute atomic E-state index is 15.6. The Morgan fingerprint density at radius 1 is 0.667 bits per heavy atom. The number of hydrogen-bond donors (Lipinski definition) is 1. The third-order valence-corrected chi connectivity index (χ3v) is 24.8. The Labute approximate surface area is 624 Å². The SMILES string of the molecule is COCOc1cc(OC)cc2cc3c(c(OC)c12)C(=O)[C@@H](O[C@@H]1O[C@H](COS(=O)(=O)c2ccc(C)cc2)[C@@H](OC(=O)CCl)[C@H](O[C@@H]2O[C@H](COS(=O)(=O)c4ccc(C)cc4)[C@@H](OC(=O)CCl)[C@H](O[C@@H]4O[C@@H](C)[C@H](OC(=O)C(C)C)[C@@](C)(O)[C@H]4I)[C@H]2Sc2ccccc2)[C@H]1Sc1ccccc1)CC3. The van der Waals surface area contributed by atoms with Gasteiger partial charge >= 0.3 is 17.9 Å². The van der Waals surface area contributed by atoms with Crippen LogP contribution >= 0.6 is 69.3 Å². The van der Waals surface area contributed by atoms with Gasteiger partial charge in [-0.05, 0) is 112 Å². The Hall–Kier alpha value is -5.43. The molecule has 1 N–H and O–H groups in total. The number of alkyl halides is 3. The highest BCUT2D eigenvalue weighted by atomic mass is 127. The van der Waals surface area contributed by atoms with Crippen molar-refractivity contribution in [3.63, 3.8) is 0 Å². The van der Waals surface area contributed by atoms with Crippen LogP contribution in [0.5, 0.6) is 17.2 Å². The quantitative estimate of drug-likeness (QED) is 0.0114. The monoisotopic (exact) mass is 1640 g/mol. The first kappa shape index (κ1) is 79.1. The molecule has 6 aromatic carbocycles. The molecule has 31 heteroatoms. The standard InChI is InChI=1S/C71H79Cl2IO24S4/c1-38(2)67(78)98-66-41(5)90-70(65(74)71(66,6)79)97-62-59(95-54(76)34-73)52(36-89-102(82,83)48-27-22-40(4)23-28-48)93-69(64(62)100-46-18-14-11-15-19-46)96-61-58(94-53(75)33-72)51(35-88-101(80,81)47-25-20-39(3)21-26-47)92-68(63(61)99-45-16-12-10-13-17-45)91-49-29-24-42-30-43-31-44(85-8)32-50(87-37-84-7)55(43)60(86-9)56(42)57(49)77/h10-23,25-28,30-32,38,41,49,51-52,58-59,61-66,68-70,79H,24,29,33-37H2,1-9H3/t41-,49-,51+,52+,58+,59+,61-,62-,63+,64+,65-,66-,68+,69-,70-,71-/m0/s1. The van der Waals surface area contributed by atoms with Gasteiger partial charge in [-0.25, -0.2) is 0 Å². The van der Waals surface area contributed by atoms with Crippen LogP contribution in [0.3, 0.4) is 0 Å². The van der Waals surface area contributed by atoms with Gasteiger partial charge in [-0.3, -0.25) is 27.5 Å². The number of carbonyl (C=O) groups excluding carboxylic acids is 4. The van der Waals surface area contributed by atoms with Crippen molar-refractivity contribution in [3.8, 4) is 17.2 Å². The molecule has 0 amide bonds. The second kappa shape index (κ2) is 34.9. The molecule has 24 nitrogen and oxygen atoms in total. The van der Waals surface area contributed by atoms with Crippen LogP contribution in [0.1, 0.15) is 61.2 Å². The molecule has 3 heterocycles. The summed E-state index contributed by atoms with van der Waals surface area (Å²) in [6, 6.07) is 34.5. The van der Waals surface area contributed by atoms with Crippen molar-refractivity contribution in [3.05, 3.63) is 150 Å². The highest BCUT2D eigenvalue weighted by molar-refractivity contribution is 14.1. The highest BCUT2D eigenvalue weighted by Gasteiger charge is 2.60. The van der Waals surface area contributed by atoms with Crippen molar-refractivity contribution in [2.24, 2.45) is 5.92 Å². The number of carbonyl (C=O) groups is 4. The number of aryl methyl sites for hydroxylation is 3. The van der Waals surface area contributed by atoms with Crippen LogP contribution in [0.25, 0.3) is 10.8 Å². The molecular formula is C71H79Cl2IO24S4. The fourth-order valence-electron chi connectivity index (χ4n) is 12.2. The van der Waals surface area contributed by atoms with E-state index in [1.807, 2.05) is 28.7 Å². The molecular weight excluding hydrogens is 1560 g/mol. The molecule has 6 aromatic rings. The first-order valence-electron chi connectivity index (χ1n) is 32.4. The van der Waals surface area contributed by atoms with Gasteiger partial charge in [0.1, 0.15) is 65.1 Å². The number of fused-ring (bicyclic) bond motifs is 2. The number of hydrogen-bond acceptors (Lipinski definition) is 26. The van der Waals surface area contributed by atoms with E-state index in [4.69, 9.17) is 93.1 Å². The second-order valence-corrected chi connectivity index (χ2v) is 32.6. The molecule has 0 unspecified atom stereocenters. The van der Waals surface area contributed by atoms with Gasteiger partial charge in [-0.2, -0.15) is 16.8 Å². The maximum Gasteiger partial charge on any atom is 0.321 e. The zero-order valence-corrected chi connectivity index (χ0v) is 63.9. The Bertz CT molecular complexity index is 4130. The lowest BCUT2D eigenvalue weighted by Gasteiger charge is -2.52. The average Bonchev–Trinajstić information content (AvgIpc) is 0.754. The first-order valence-corrected chi connectivity index (χ1v) is 39.3. The number of rotatable bonds is 29. The number of esters is 3. The topological polar surface area (TPSA) is 295 Å². The first-order chi connectivity index (χ1) is 48.7. The van der Waals surface area contributed by atoms with Gasteiger partial charge in [0.2, 0.25) is 0 Å². The van der Waals surface area contributed by atoms with Crippen LogP contribution in [0.15, 0.2) is 147 Å². The van der Waals surface area contributed by atoms with E-state index in [1.54, 1.807) is 132 Å². The minimum Gasteiger partial charge on any atom is -0.497 e. The van der Waals surface area contributed by atoms with E-state index in [0.29, 0.717) is 31.9 Å². The molecule has 0 radical (unpaired) electrons. The summed E-state index contributed by atoms with van der Waals surface area (Å²) in [7, 11) is -4.97. The molecule has 0 spiro atoms. The lowest BCUT2D eigenvalue weighted by Crippen LogP contribution is -2.68. The zero-order chi connectivity index (χ0) is 73.4. The summed E-state index contributed by atoms with van der Waals surface area (Å²) in [5.41, 5.74) is 0.349. The van der Waals surface area contributed by atoms with Crippen LogP contribution in [0.4, 0.5) is 0 Å². The van der Waals surface area contributed by atoms with E-state index in [1.165, 1.54) is 52.5 Å². The summed E-state index contributed by atoms with van der Waals surface area (Å²) in [5, 5.41) is 10.9. The van der Waals surface area contributed by atoms with Crippen molar-refractivity contribution in [2.45, 2.75) is 168 Å². The predicted octanol–water partition coefficient (Wildman–Crippen LogP) is 10.5. The van der Waals surface area contributed by atoms with Crippen LogP contribution < -0.4 is 14.2 Å². The van der Waals surface area contributed by atoms with Crippen molar-refractivity contribution in [1.29, 1.82) is 0 Å². The summed E-state index contributed by atoms with van der Waals surface area (Å²) in [5.74, 6) is -4.40. The number of aliphatic hydroxyl groups is 1. The van der Waals surface area contributed by atoms with Crippen LogP contribution in [-0.4, -0.2) is 193 Å². The fraction of sp³-hybridized carbons (Fsp3) is 0.465. The Morgan fingerprint density at radius 2 is 1.17 bits per heavy atom. The summed E-state index contributed by atoms with van der Waals surface area (Å²) in [6.45, 7) is 7.84. The Morgan fingerprint density at radius 3 is 1.64 bits per heavy atom. The lowest BCUT2D eigenvalue weighted by atomic mass is 9.85. The fourth-order valence-corrected chi connectivity index (χ4v) is 17.3. The molecule has 552 valence electrons. The third-order valence-electron chi connectivity index (χ3n) is 17.3. The molecule has 0 aromatic heterocycles. The normalized spacial score (nSPS) is 27.5. The molecule has 16 atom stereocenters. The van der Waals surface area contributed by atoms with Crippen molar-refractivity contribution >= 4 is 124 Å². The molecule has 1 aliphatic carbocycles. The van der Waals surface area contributed by atoms with Gasteiger partial charge in [0, 0.05) is 23.0 Å². The molecule has 4 aliphatic rings. The Kier molecular flexibility index (Phi) is 27.1. The summed E-state index contributed by atoms with van der Waals surface area (Å²) in [6.07, 6.45) is -18.5. The van der Waals surface area contributed by atoms with Crippen LogP contribution in [-0.2, 0) is 96.8 Å². The summed E-state index contributed by atoms with van der Waals surface area (Å²) in [4.78, 5) is 57.6. The van der Waals surface area contributed by atoms with Gasteiger partial charge in [0.05, 0.1) is 74.6 Å². The van der Waals surface area contributed by atoms with E-state index in [-0.39, 0.29) is 46.5 Å². The number of methoxy groups -OCH3 is 3. The molecule has 10 rings (SSSR count). The predicted molar refractivity (Wildman–Crippen MR) is 384 cm³/mol. The van der Waals surface area contributed by atoms with Gasteiger partial charge in [0.15, 0.2) is 49.8 Å². The molecule has 3 fully saturated rings. The van der Waals surface area contributed by atoms with Gasteiger partial charge in [0.25, 0.3) is 20.2 Å². The van der Waals surface area contributed by atoms with E-state index in [0.717, 1.165) is 34.7 Å². The number of ketones is 1. The highest BCUT2D eigenvalue weighted by Crippen LogP contribution is 2.49. The minimum absolute atomic E-state index is 0.0445. The van der Waals surface area contributed by atoms with Crippen molar-refractivity contribution in [1.82, 2.24) is 0 Å². The maximum atomic E-state index is 15.6. The summed E-state index contributed by atoms with van der Waals surface area (Å²) >= 11 is 16.7. The van der Waals surface area contributed by atoms with E-state index in [2.05, 4.69) is 0 Å². The van der Waals surface area contributed by atoms with E-state index >= 15 is 4.79 Å². The molecule has 0 bridgehead atoms. The molecule has 0 saturated carbocycles. The molecule has 3 aliphatic heterocycles. The minimum atomic E-state index is -4.68. The average molecular weight is 1640 g/mol. The van der Waals surface area contributed by atoms with E-state index in [9.17, 15) is 36.3 Å². The number of Topliss-reactive ketones (excluding diaryl/α,β-unsaturated/α-hetero) is 1. The lowest BCUT2D eigenvalue weighted by molar-refractivity contribution is -0.333. The van der Waals surface area contributed by atoms with Crippen molar-refractivity contribution in [2.75, 3.05) is 53.1 Å². The van der Waals surface area contributed by atoms with Crippen LogP contribution in [0.2, 0.25) is 0 Å². The van der Waals surface area contributed by atoms with Gasteiger partial charge in [-0.1, -0.05) is 108 Å². The number of thioether (sulfide) groups is 2. The number of benzene rings is 6. The number of halogens is 3. The summed E-state index contributed by atoms with van der Waals surface area (Å²) < 4.78 is 152. The molecule has 102 heavy (non-hydrogen) atoms. The smallest absolute Gasteiger partial charge is 0.321 e. The largest absolute Gasteiger partial charge is 0.497 e. The van der Waals surface area contributed by atoms with Gasteiger partial charge < -0.3 is 66.7 Å².